The van der Waals surface area contributed by atoms with Crippen LogP contribution in [0.5, 0.6) is 0 Å². The van der Waals surface area contributed by atoms with E-state index in [1.807, 2.05) is 39.0 Å². The Kier molecular flexibility index (Phi) is 6.00. The maximum Gasteiger partial charge on any atom is 0.277 e. The Hall–Kier alpha value is -2.14. The van der Waals surface area contributed by atoms with Gasteiger partial charge in [-0.15, -0.1) is 0 Å². The molecule has 3 rings (SSSR count). The third kappa shape index (κ3) is 4.08. The van der Waals surface area contributed by atoms with Gasteiger partial charge >= 0.3 is 0 Å². The SMILES string of the molecule is Cc1ccc(C2=C(N3CCCCC3)C(=O)N(CCOC(C)C)C2=O)cc1C. The second-order valence-corrected chi connectivity index (χ2v) is 7.75. The predicted molar refractivity (Wildman–Crippen MR) is 106 cm³/mol. The van der Waals surface area contributed by atoms with Crippen molar-refractivity contribution in [3.05, 3.63) is 40.6 Å². The molecular weight excluding hydrogens is 340 g/mol. The molecule has 1 fully saturated rings. The van der Waals surface area contributed by atoms with Crippen LogP contribution >= 0.6 is 0 Å². The lowest BCUT2D eigenvalue weighted by molar-refractivity contribution is -0.138. The van der Waals surface area contributed by atoms with Crippen molar-refractivity contribution in [2.24, 2.45) is 0 Å². The van der Waals surface area contributed by atoms with Crippen LogP contribution < -0.4 is 0 Å². The number of amides is 2. The summed E-state index contributed by atoms with van der Waals surface area (Å²) in [5.74, 6) is -0.376. The lowest BCUT2D eigenvalue weighted by Gasteiger charge is -2.29. The topological polar surface area (TPSA) is 49.9 Å². The first kappa shape index (κ1) is 19.6. The molecule has 0 aromatic heterocycles. The number of aryl methyl sites for hydroxylation is 2. The summed E-state index contributed by atoms with van der Waals surface area (Å²) in [4.78, 5) is 29.8. The van der Waals surface area contributed by atoms with Crippen molar-refractivity contribution in [2.75, 3.05) is 26.2 Å². The van der Waals surface area contributed by atoms with Gasteiger partial charge < -0.3 is 9.64 Å². The number of rotatable bonds is 6. The lowest BCUT2D eigenvalue weighted by Crippen LogP contribution is -2.39. The minimum absolute atomic E-state index is 0.0755. The van der Waals surface area contributed by atoms with Crippen molar-refractivity contribution in [3.63, 3.8) is 0 Å². The summed E-state index contributed by atoms with van der Waals surface area (Å²) in [7, 11) is 0. The molecule has 0 spiro atoms. The van der Waals surface area contributed by atoms with E-state index in [1.165, 1.54) is 16.9 Å². The Balaban J connectivity index is 1.96. The summed E-state index contributed by atoms with van der Waals surface area (Å²) < 4.78 is 5.58. The molecule has 2 aliphatic heterocycles. The number of nitrogens with zero attached hydrogens (tertiary/aromatic N) is 2. The monoisotopic (exact) mass is 370 g/mol. The third-order valence-corrected chi connectivity index (χ3v) is 5.38. The molecule has 2 aliphatic rings. The minimum atomic E-state index is -0.198. The number of ether oxygens (including phenoxy) is 1. The van der Waals surface area contributed by atoms with E-state index in [9.17, 15) is 9.59 Å². The molecule has 2 amide bonds. The number of likely N-dealkylation sites (tertiary alicyclic amines) is 1. The van der Waals surface area contributed by atoms with Crippen LogP contribution in [0.2, 0.25) is 0 Å². The van der Waals surface area contributed by atoms with Gasteiger partial charge in [0.25, 0.3) is 11.8 Å². The summed E-state index contributed by atoms with van der Waals surface area (Å²) in [6.07, 6.45) is 3.37. The average Bonchev–Trinajstić information content (AvgIpc) is 2.89. The Bertz CT molecular complexity index is 761. The van der Waals surface area contributed by atoms with Gasteiger partial charge in [0, 0.05) is 13.1 Å². The van der Waals surface area contributed by atoms with Crippen LogP contribution in [-0.4, -0.2) is 54.0 Å². The second kappa shape index (κ2) is 8.26. The highest BCUT2D eigenvalue weighted by atomic mass is 16.5. The molecule has 0 aliphatic carbocycles. The number of carbonyl (C=O) groups excluding carboxylic acids is 2. The minimum Gasteiger partial charge on any atom is -0.377 e. The van der Waals surface area contributed by atoms with Crippen LogP contribution in [0.15, 0.2) is 23.9 Å². The molecule has 0 bridgehead atoms. The number of hydrogen-bond acceptors (Lipinski definition) is 4. The Labute approximate surface area is 162 Å². The molecule has 5 nitrogen and oxygen atoms in total. The summed E-state index contributed by atoms with van der Waals surface area (Å²) in [5, 5.41) is 0. The van der Waals surface area contributed by atoms with E-state index in [4.69, 9.17) is 4.74 Å². The maximum absolute atomic E-state index is 13.2. The van der Waals surface area contributed by atoms with E-state index in [2.05, 4.69) is 11.8 Å². The molecule has 1 aromatic rings. The quantitative estimate of drug-likeness (QED) is 0.721. The van der Waals surface area contributed by atoms with Gasteiger partial charge in [0.15, 0.2) is 0 Å². The number of hydrogen-bond donors (Lipinski definition) is 0. The average molecular weight is 370 g/mol. The first-order valence-electron chi connectivity index (χ1n) is 9.94. The largest absolute Gasteiger partial charge is 0.377 e. The second-order valence-electron chi connectivity index (χ2n) is 7.75. The van der Waals surface area contributed by atoms with Crippen molar-refractivity contribution in [1.29, 1.82) is 0 Å². The molecule has 0 saturated carbocycles. The Morgan fingerprint density at radius 3 is 2.33 bits per heavy atom. The highest BCUT2D eigenvalue weighted by Gasteiger charge is 2.41. The fourth-order valence-electron chi connectivity index (χ4n) is 3.71. The molecule has 146 valence electrons. The van der Waals surface area contributed by atoms with Gasteiger partial charge in [-0.25, -0.2) is 0 Å². The fourth-order valence-corrected chi connectivity index (χ4v) is 3.71. The van der Waals surface area contributed by atoms with E-state index in [-0.39, 0.29) is 17.9 Å². The van der Waals surface area contributed by atoms with Gasteiger partial charge in [-0.1, -0.05) is 18.2 Å². The molecule has 2 heterocycles. The van der Waals surface area contributed by atoms with Crippen LogP contribution in [-0.2, 0) is 14.3 Å². The van der Waals surface area contributed by atoms with Crippen LogP contribution in [0.25, 0.3) is 5.57 Å². The lowest BCUT2D eigenvalue weighted by atomic mass is 9.98. The van der Waals surface area contributed by atoms with Gasteiger partial charge in [-0.2, -0.15) is 0 Å². The van der Waals surface area contributed by atoms with E-state index in [0.29, 0.717) is 24.4 Å². The number of benzene rings is 1. The summed E-state index contributed by atoms with van der Waals surface area (Å²) in [5.41, 5.74) is 4.27. The smallest absolute Gasteiger partial charge is 0.277 e. The first-order valence-corrected chi connectivity index (χ1v) is 9.94. The zero-order valence-electron chi connectivity index (χ0n) is 16.9. The van der Waals surface area contributed by atoms with E-state index in [1.54, 1.807) is 0 Å². The molecule has 27 heavy (non-hydrogen) atoms. The van der Waals surface area contributed by atoms with E-state index in [0.717, 1.165) is 37.1 Å². The molecule has 1 aromatic carbocycles. The van der Waals surface area contributed by atoms with E-state index >= 15 is 0 Å². The Morgan fingerprint density at radius 2 is 1.70 bits per heavy atom. The van der Waals surface area contributed by atoms with Gasteiger partial charge in [0.05, 0.1) is 24.8 Å². The van der Waals surface area contributed by atoms with Crippen molar-refractivity contribution in [3.8, 4) is 0 Å². The van der Waals surface area contributed by atoms with Gasteiger partial charge in [-0.3, -0.25) is 14.5 Å². The number of carbonyl (C=O) groups is 2. The summed E-state index contributed by atoms with van der Waals surface area (Å²) in [6.45, 7) is 10.3. The van der Waals surface area contributed by atoms with Gasteiger partial charge in [0.1, 0.15) is 5.70 Å². The van der Waals surface area contributed by atoms with Crippen LogP contribution in [0.3, 0.4) is 0 Å². The summed E-state index contributed by atoms with van der Waals surface area (Å²) >= 11 is 0. The molecular formula is C22H30N2O3. The molecule has 0 N–H and O–H groups in total. The van der Waals surface area contributed by atoms with E-state index < -0.39 is 0 Å². The number of piperidine rings is 1. The van der Waals surface area contributed by atoms with Crippen LogP contribution in [0.4, 0.5) is 0 Å². The van der Waals surface area contributed by atoms with Crippen molar-refractivity contribution in [2.45, 2.75) is 53.1 Å². The molecule has 0 atom stereocenters. The van der Waals surface area contributed by atoms with Crippen LogP contribution in [0.1, 0.15) is 49.8 Å². The molecule has 0 unspecified atom stereocenters. The molecule has 1 saturated heterocycles. The first-order chi connectivity index (χ1) is 12.9. The Morgan fingerprint density at radius 1 is 1.00 bits per heavy atom. The van der Waals surface area contributed by atoms with Gasteiger partial charge in [-0.05, 0) is 63.6 Å². The van der Waals surface area contributed by atoms with Crippen molar-refractivity contribution >= 4 is 17.4 Å². The molecule has 5 heteroatoms. The predicted octanol–water partition coefficient (Wildman–Crippen LogP) is 3.29. The zero-order valence-corrected chi connectivity index (χ0v) is 16.9. The maximum atomic E-state index is 13.2. The highest BCUT2D eigenvalue weighted by molar-refractivity contribution is 6.35. The fraction of sp³-hybridized carbons (Fsp3) is 0.545. The third-order valence-electron chi connectivity index (χ3n) is 5.38. The number of imide groups is 1. The van der Waals surface area contributed by atoms with Crippen LogP contribution in [0, 0.1) is 13.8 Å². The molecule has 0 radical (unpaired) electrons. The highest BCUT2D eigenvalue weighted by Crippen LogP contribution is 2.33. The zero-order chi connectivity index (χ0) is 19.6. The van der Waals surface area contributed by atoms with Crippen molar-refractivity contribution in [1.82, 2.24) is 9.80 Å². The standard InChI is InChI=1S/C22H30N2O3/c1-15(2)27-13-12-24-21(25)19(18-9-8-16(3)17(4)14-18)20(22(24)26)23-10-6-5-7-11-23/h8-9,14-15H,5-7,10-13H2,1-4H3. The van der Waals surface area contributed by atoms with Crippen molar-refractivity contribution < 1.29 is 14.3 Å². The van der Waals surface area contributed by atoms with Gasteiger partial charge in [0.2, 0.25) is 0 Å². The normalized spacial score (nSPS) is 18.3. The summed E-state index contributed by atoms with van der Waals surface area (Å²) in [6, 6.07) is 6.00.